The van der Waals surface area contributed by atoms with Crippen molar-refractivity contribution in [1.29, 1.82) is 0 Å². The molecule has 0 aromatic heterocycles. The van der Waals surface area contributed by atoms with Crippen LogP contribution in [0.2, 0.25) is 0 Å². The molecule has 0 aliphatic carbocycles. The zero-order valence-corrected chi connectivity index (χ0v) is 11.5. The third kappa shape index (κ3) is 2.94. The van der Waals surface area contributed by atoms with Crippen LogP contribution in [0.5, 0.6) is 0 Å². The molecule has 0 atom stereocenters. The van der Waals surface area contributed by atoms with E-state index in [9.17, 15) is 4.79 Å². The number of nitrogens with zero attached hydrogens (tertiary/aromatic N) is 1. The van der Waals surface area contributed by atoms with Crippen molar-refractivity contribution in [2.24, 2.45) is 0 Å². The second kappa shape index (κ2) is 5.14. The van der Waals surface area contributed by atoms with E-state index in [1.165, 1.54) is 5.56 Å². The van der Waals surface area contributed by atoms with Gasteiger partial charge in [-0.2, -0.15) is 0 Å². The number of anilines is 2. The predicted molar refractivity (Wildman–Crippen MR) is 79.5 cm³/mol. The molecule has 3 heteroatoms. The third-order valence-electron chi connectivity index (χ3n) is 3.07. The second-order valence-electron chi connectivity index (χ2n) is 4.83. The number of hydrogen-bond acceptors (Lipinski definition) is 2. The van der Waals surface area contributed by atoms with E-state index in [-0.39, 0.29) is 5.91 Å². The van der Waals surface area contributed by atoms with Gasteiger partial charge in [0.05, 0.1) is 0 Å². The van der Waals surface area contributed by atoms with Gasteiger partial charge in [0, 0.05) is 24.0 Å². The normalized spacial score (nSPS) is 10.3. The minimum Gasteiger partial charge on any atom is -0.399 e. The number of carbonyl (C=O) groups excluding carboxylic acids is 1. The average molecular weight is 254 g/mol. The first-order valence-corrected chi connectivity index (χ1v) is 6.19. The fourth-order valence-electron chi connectivity index (χ4n) is 2.02. The summed E-state index contributed by atoms with van der Waals surface area (Å²) in [5.41, 5.74) is 10.0. The summed E-state index contributed by atoms with van der Waals surface area (Å²) in [6.07, 6.45) is 0. The molecule has 0 radical (unpaired) electrons. The Kier molecular flexibility index (Phi) is 3.56. The van der Waals surface area contributed by atoms with E-state index in [1.807, 2.05) is 50.2 Å². The Balaban J connectivity index is 2.30. The Morgan fingerprint density at radius 3 is 2.21 bits per heavy atom. The lowest BCUT2D eigenvalue weighted by molar-refractivity contribution is 0.0993. The maximum atomic E-state index is 12.4. The third-order valence-corrected chi connectivity index (χ3v) is 3.07. The van der Waals surface area contributed by atoms with E-state index in [0.717, 1.165) is 11.3 Å². The molecule has 0 fully saturated rings. The van der Waals surface area contributed by atoms with Crippen LogP contribution >= 0.6 is 0 Å². The second-order valence-corrected chi connectivity index (χ2v) is 4.83. The summed E-state index contributed by atoms with van der Waals surface area (Å²) in [5.74, 6) is -0.0562. The van der Waals surface area contributed by atoms with Gasteiger partial charge in [-0.1, -0.05) is 17.7 Å². The highest BCUT2D eigenvalue weighted by atomic mass is 16.2. The smallest absolute Gasteiger partial charge is 0.258 e. The van der Waals surface area contributed by atoms with Crippen molar-refractivity contribution >= 4 is 17.3 Å². The summed E-state index contributed by atoms with van der Waals surface area (Å²) in [6.45, 7) is 3.95. The quantitative estimate of drug-likeness (QED) is 0.837. The first kappa shape index (κ1) is 13.1. The van der Waals surface area contributed by atoms with Crippen molar-refractivity contribution in [1.82, 2.24) is 0 Å². The van der Waals surface area contributed by atoms with Crippen molar-refractivity contribution in [2.75, 3.05) is 17.7 Å². The maximum absolute atomic E-state index is 12.4. The van der Waals surface area contributed by atoms with Gasteiger partial charge in [-0.3, -0.25) is 4.79 Å². The summed E-state index contributed by atoms with van der Waals surface area (Å²) in [7, 11) is 1.77. The molecule has 0 heterocycles. The molecule has 2 rings (SSSR count). The molecule has 0 aliphatic heterocycles. The zero-order valence-electron chi connectivity index (χ0n) is 11.5. The molecule has 2 N–H and O–H groups in total. The molecule has 1 amide bonds. The van der Waals surface area contributed by atoms with Crippen LogP contribution in [0.15, 0.2) is 42.5 Å². The first-order valence-electron chi connectivity index (χ1n) is 6.19. The number of aryl methyl sites for hydroxylation is 2. The molecule has 0 spiro atoms. The number of nitrogen functional groups attached to an aromatic ring is 1. The molecule has 2 aromatic carbocycles. The topological polar surface area (TPSA) is 46.3 Å². The summed E-state index contributed by atoms with van der Waals surface area (Å²) in [5, 5.41) is 0. The summed E-state index contributed by atoms with van der Waals surface area (Å²) in [4.78, 5) is 14.0. The summed E-state index contributed by atoms with van der Waals surface area (Å²) < 4.78 is 0. The molecule has 0 bridgehead atoms. The van der Waals surface area contributed by atoms with E-state index >= 15 is 0 Å². The number of benzene rings is 2. The Bertz CT molecular complexity index is 582. The van der Waals surface area contributed by atoms with Crippen LogP contribution in [0.4, 0.5) is 11.4 Å². The van der Waals surface area contributed by atoms with Crippen LogP contribution in [-0.4, -0.2) is 13.0 Å². The van der Waals surface area contributed by atoms with E-state index in [4.69, 9.17) is 5.73 Å². The minimum atomic E-state index is -0.0562. The first-order chi connectivity index (χ1) is 8.97. The molecule has 0 aliphatic rings. The summed E-state index contributed by atoms with van der Waals surface area (Å²) in [6, 6.07) is 13.3. The number of rotatable bonds is 2. The van der Waals surface area contributed by atoms with Crippen LogP contribution in [0, 0.1) is 13.8 Å². The molecule has 0 saturated heterocycles. The molecular formula is C16H18N2O. The van der Waals surface area contributed by atoms with Gasteiger partial charge in [0.15, 0.2) is 0 Å². The molecule has 19 heavy (non-hydrogen) atoms. The average Bonchev–Trinajstić information content (AvgIpc) is 2.37. The minimum absolute atomic E-state index is 0.0562. The summed E-state index contributed by atoms with van der Waals surface area (Å²) >= 11 is 0. The van der Waals surface area contributed by atoms with Crippen molar-refractivity contribution in [3.63, 3.8) is 0 Å². The van der Waals surface area contributed by atoms with Crippen LogP contribution < -0.4 is 10.6 Å². The largest absolute Gasteiger partial charge is 0.399 e. The van der Waals surface area contributed by atoms with Crippen molar-refractivity contribution in [3.8, 4) is 0 Å². The highest BCUT2D eigenvalue weighted by Gasteiger charge is 2.14. The maximum Gasteiger partial charge on any atom is 0.258 e. The molecule has 3 nitrogen and oxygen atoms in total. The highest BCUT2D eigenvalue weighted by Crippen LogP contribution is 2.18. The Morgan fingerprint density at radius 2 is 1.63 bits per heavy atom. The van der Waals surface area contributed by atoms with Gasteiger partial charge in [0.2, 0.25) is 0 Å². The van der Waals surface area contributed by atoms with E-state index in [0.29, 0.717) is 11.3 Å². The fraction of sp³-hybridized carbons (Fsp3) is 0.188. The SMILES string of the molecule is Cc1ccc(N(C)C(=O)c2cc(C)cc(N)c2)cc1. The molecule has 2 aromatic rings. The Morgan fingerprint density at radius 1 is 1.00 bits per heavy atom. The van der Waals surface area contributed by atoms with Crippen LogP contribution in [0.3, 0.4) is 0 Å². The lowest BCUT2D eigenvalue weighted by Gasteiger charge is -2.18. The Hall–Kier alpha value is -2.29. The number of amides is 1. The van der Waals surface area contributed by atoms with Gasteiger partial charge in [-0.15, -0.1) is 0 Å². The Labute approximate surface area is 113 Å². The number of carbonyl (C=O) groups is 1. The van der Waals surface area contributed by atoms with Crippen molar-refractivity contribution in [3.05, 3.63) is 59.2 Å². The van der Waals surface area contributed by atoms with Crippen molar-refractivity contribution in [2.45, 2.75) is 13.8 Å². The molecule has 0 saturated carbocycles. The zero-order chi connectivity index (χ0) is 14.0. The fourth-order valence-corrected chi connectivity index (χ4v) is 2.02. The van der Waals surface area contributed by atoms with Gasteiger partial charge in [0.25, 0.3) is 5.91 Å². The van der Waals surface area contributed by atoms with Gasteiger partial charge >= 0.3 is 0 Å². The molecule has 98 valence electrons. The van der Waals surface area contributed by atoms with Gasteiger partial charge < -0.3 is 10.6 Å². The lowest BCUT2D eigenvalue weighted by Crippen LogP contribution is -2.26. The highest BCUT2D eigenvalue weighted by molar-refractivity contribution is 6.06. The van der Waals surface area contributed by atoms with Gasteiger partial charge in [-0.05, 0) is 49.7 Å². The van der Waals surface area contributed by atoms with E-state index in [2.05, 4.69) is 0 Å². The van der Waals surface area contributed by atoms with Crippen LogP contribution in [0.1, 0.15) is 21.5 Å². The molecule has 0 unspecified atom stereocenters. The monoisotopic (exact) mass is 254 g/mol. The van der Waals surface area contributed by atoms with E-state index in [1.54, 1.807) is 18.0 Å². The van der Waals surface area contributed by atoms with Crippen LogP contribution in [-0.2, 0) is 0 Å². The molecular weight excluding hydrogens is 236 g/mol. The number of nitrogens with two attached hydrogens (primary N) is 1. The van der Waals surface area contributed by atoms with Crippen molar-refractivity contribution < 1.29 is 4.79 Å². The standard InChI is InChI=1S/C16H18N2O/c1-11-4-6-15(7-5-11)18(3)16(19)13-8-12(2)9-14(17)10-13/h4-10H,17H2,1-3H3. The van der Waals surface area contributed by atoms with Gasteiger partial charge in [0.1, 0.15) is 0 Å². The predicted octanol–water partition coefficient (Wildman–Crippen LogP) is 3.16. The van der Waals surface area contributed by atoms with Gasteiger partial charge in [-0.25, -0.2) is 0 Å². The lowest BCUT2D eigenvalue weighted by atomic mass is 10.1. The number of hydrogen-bond donors (Lipinski definition) is 1. The van der Waals surface area contributed by atoms with Crippen LogP contribution in [0.25, 0.3) is 0 Å². The van der Waals surface area contributed by atoms with E-state index < -0.39 is 0 Å².